The molecule has 0 bridgehead atoms. The predicted octanol–water partition coefficient (Wildman–Crippen LogP) is 1.29. The molecule has 1 aromatic rings. The smallest absolute Gasteiger partial charge is 0.119 e. The molecule has 2 saturated heterocycles. The minimum Gasteiger partial charge on any atom is -0.492 e. The van der Waals surface area contributed by atoms with Crippen molar-refractivity contribution in [2.75, 3.05) is 59.0 Å². The lowest BCUT2D eigenvalue weighted by Gasteiger charge is -2.35. The summed E-state index contributed by atoms with van der Waals surface area (Å²) in [7, 11) is 0. The molecule has 2 aliphatic heterocycles. The molecule has 2 fully saturated rings. The van der Waals surface area contributed by atoms with Crippen LogP contribution < -0.4 is 10.1 Å². The zero-order valence-corrected chi connectivity index (χ0v) is 12.8. The number of hydrogen-bond donors (Lipinski definition) is 1. The Morgan fingerprint density at radius 3 is 2.52 bits per heavy atom. The number of para-hydroxylation sites is 1. The summed E-state index contributed by atoms with van der Waals surface area (Å²) in [6, 6.07) is 10.1. The average Bonchev–Trinajstić information content (AvgIpc) is 3.03. The van der Waals surface area contributed by atoms with Crippen LogP contribution in [0.1, 0.15) is 6.42 Å². The maximum atomic E-state index is 5.78. The lowest BCUT2D eigenvalue weighted by atomic mass is 10.1. The van der Waals surface area contributed by atoms with E-state index in [0.717, 1.165) is 24.8 Å². The topological polar surface area (TPSA) is 27.7 Å². The minimum atomic E-state index is 0.788. The monoisotopic (exact) mass is 289 g/mol. The Bertz CT molecular complexity index is 398. The van der Waals surface area contributed by atoms with Crippen LogP contribution in [0, 0.1) is 5.92 Å². The molecule has 0 saturated carbocycles. The van der Waals surface area contributed by atoms with Gasteiger partial charge in [0.25, 0.3) is 0 Å². The van der Waals surface area contributed by atoms with Gasteiger partial charge in [0.1, 0.15) is 12.4 Å². The van der Waals surface area contributed by atoms with Gasteiger partial charge in [-0.25, -0.2) is 0 Å². The van der Waals surface area contributed by atoms with Crippen LogP contribution >= 0.6 is 0 Å². The Kier molecular flexibility index (Phi) is 5.49. The Morgan fingerprint density at radius 2 is 1.81 bits per heavy atom. The second-order valence-electron chi connectivity index (χ2n) is 6.16. The van der Waals surface area contributed by atoms with Crippen molar-refractivity contribution in [1.29, 1.82) is 0 Å². The van der Waals surface area contributed by atoms with Crippen molar-refractivity contribution in [3.63, 3.8) is 0 Å². The first-order valence-electron chi connectivity index (χ1n) is 8.23. The van der Waals surface area contributed by atoms with Gasteiger partial charge in [-0.05, 0) is 37.6 Å². The lowest BCUT2D eigenvalue weighted by Crippen LogP contribution is -2.48. The van der Waals surface area contributed by atoms with Crippen LogP contribution in [0.15, 0.2) is 30.3 Å². The van der Waals surface area contributed by atoms with Crippen molar-refractivity contribution in [3.05, 3.63) is 30.3 Å². The molecule has 4 nitrogen and oxygen atoms in total. The molecule has 2 aliphatic rings. The highest BCUT2D eigenvalue weighted by molar-refractivity contribution is 5.20. The molecule has 1 atom stereocenters. The summed E-state index contributed by atoms with van der Waals surface area (Å²) in [4.78, 5) is 5.15. The normalized spacial score (nSPS) is 24.3. The molecule has 21 heavy (non-hydrogen) atoms. The maximum Gasteiger partial charge on any atom is 0.119 e. The highest BCUT2D eigenvalue weighted by Gasteiger charge is 2.21. The molecular formula is C17H27N3O. The summed E-state index contributed by atoms with van der Waals surface area (Å²) >= 11 is 0. The zero-order valence-electron chi connectivity index (χ0n) is 12.8. The highest BCUT2D eigenvalue weighted by atomic mass is 16.5. The molecule has 4 heteroatoms. The molecule has 0 amide bonds. The van der Waals surface area contributed by atoms with Crippen molar-refractivity contribution in [2.45, 2.75) is 6.42 Å². The van der Waals surface area contributed by atoms with Crippen molar-refractivity contribution < 1.29 is 4.74 Å². The van der Waals surface area contributed by atoms with Crippen LogP contribution in [-0.4, -0.2) is 68.8 Å². The van der Waals surface area contributed by atoms with E-state index >= 15 is 0 Å². The zero-order chi connectivity index (χ0) is 14.3. The van der Waals surface area contributed by atoms with Gasteiger partial charge in [-0.3, -0.25) is 4.90 Å². The van der Waals surface area contributed by atoms with E-state index in [1.54, 1.807) is 0 Å². The predicted molar refractivity (Wildman–Crippen MR) is 85.8 cm³/mol. The fourth-order valence-corrected chi connectivity index (χ4v) is 3.24. The number of nitrogens with zero attached hydrogens (tertiary/aromatic N) is 2. The van der Waals surface area contributed by atoms with E-state index in [2.05, 4.69) is 15.1 Å². The molecular weight excluding hydrogens is 262 g/mol. The van der Waals surface area contributed by atoms with E-state index in [9.17, 15) is 0 Å². The highest BCUT2D eigenvalue weighted by Crippen LogP contribution is 2.12. The van der Waals surface area contributed by atoms with Crippen LogP contribution in [0.25, 0.3) is 0 Å². The van der Waals surface area contributed by atoms with Crippen molar-refractivity contribution in [1.82, 2.24) is 15.1 Å². The molecule has 3 rings (SSSR count). The van der Waals surface area contributed by atoms with Crippen molar-refractivity contribution in [2.24, 2.45) is 5.92 Å². The molecule has 1 unspecified atom stereocenters. The summed E-state index contributed by atoms with van der Waals surface area (Å²) in [5, 5.41) is 3.46. The SMILES string of the molecule is c1ccc(OCCN2CCN(CC3CCNC3)CC2)cc1. The van der Waals surface area contributed by atoms with Gasteiger partial charge >= 0.3 is 0 Å². The number of nitrogens with one attached hydrogen (secondary N) is 1. The minimum absolute atomic E-state index is 0.788. The van der Waals surface area contributed by atoms with Gasteiger partial charge in [0, 0.05) is 39.3 Å². The third-order valence-electron chi connectivity index (χ3n) is 4.56. The van der Waals surface area contributed by atoms with Gasteiger partial charge in [0.05, 0.1) is 0 Å². The van der Waals surface area contributed by atoms with Crippen LogP contribution in [0.4, 0.5) is 0 Å². The fraction of sp³-hybridized carbons (Fsp3) is 0.647. The standard InChI is InChI=1S/C17H27N3O/c1-2-4-17(5-3-1)21-13-12-19-8-10-20(11-9-19)15-16-6-7-18-14-16/h1-5,16,18H,6-15H2. The Balaban J connectivity index is 1.30. The first-order valence-corrected chi connectivity index (χ1v) is 8.23. The molecule has 2 heterocycles. The van der Waals surface area contributed by atoms with E-state index in [0.29, 0.717) is 0 Å². The van der Waals surface area contributed by atoms with Gasteiger partial charge in [-0.15, -0.1) is 0 Å². The third kappa shape index (κ3) is 4.70. The summed E-state index contributed by atoms with van der Waals surface area (Å²) in [5.41, 5.74) is 0. The first kappa shape index (κ1) is 14.8. The number of piperazine rings is 1. The van der Waals surface area contributed by atoms with E-state index in [-0.39, 0.29) is 0 Å². The number of rotatable bonds is 6. The molecule has 0 spiro atoms. The van der Waals surface area contributed by atoms with E-state index in [1.165, 1.54) is 52.2 Å². The Labute approximate surface area is 128 Å². The quantitative estimate of drug-likeness (QED) is 0.854. The van der Waals surface area contributed by atoms with E-state index in [1.807, 2.05) is 30.3 Å². The van der Waals surface area contributed by atoms with Crippen molar-refractivity contribution >= 4 is 0 Å². The first-order chi connectivity index (χ1) is 10.4. The molecule has 0 aliphatic carbocycles. The van der Waals surface area contributed by atoms with E-state index in [4.69, 9.17) is 4.74 Å². The van der Waals surface area contributed by atoms with Crippen LogP contribution in [0.3, 0.4) is 0 Å². The number of benzene rings is 1. The largest absolute Gasteiger partial charge is 0.492 e. The number of hydrogen-bond acceptors (Lipinski definition) is 4. The van der Waals surface area contributed by atoms with Crippen LogP contribution in [0.2, 0.25) is 0 Å². The summed E-state index contributed by atoms with van der Waals surface area (Å²) in [6.45, 7) is 10.3. The molecule has 1 N–H and O–H groups in total. The maximum absolute atomic E-state index is 5.78. The summed E-state index contributed by atoms with van der Waals surface area (Å²) < 4.78 is 5.78. The van der Waals surface area contributed by atoms with Crippen LogP contribution in [-0.2, 0) is 0 Å². The van der Waals surface area contributed by atoms with Gasteiger partial charge in [0.15, 0.2) is 0 Å². The van der Waals surface area contributed by atoms with Crippen molar-refractivity contribution in [3.8, 4) is 5.75 Å². The van der Waals surface area contributed by atoms with Gasteiger partial charge in [-0.2, -0.15) is 0 Å². The Morgan fingerprint density at radius 1 is 1.05 bits per heavy atom. The summed E-state index contributed by atoms with van der Waals surface area (Å²) in [6.07, 6.45) is 1.35. The lowest BCUT2D eigenvalue weighted by molar-refractivity contribution is 0.107. The molecule has 116 valence electrons. The van der Waals surface area contributed by atoms with Gasteiger partial charge in [-0.1, -0.05) is 18.2 Å². The van der Waals surface area contributed by atoms with Gasteiger partial charge in [0.2, 0.25) is 0 Å². The van der Waals surface area contributed by atoms with Crippen LogP contribution in [0.5, 0.6) is 5.75 Å². The Hall–Kier alpha value is -1.10. The fourth-order valence-electron chi connectivity index (χ4n) is 3.24. The second-order valence-corrected chi connectivity index (χ2v) is 6.16. The molecule has 0 aromatic heterocycles. The van der Waals surface area contributed by atoms with E-state index < -0.39 is 0 Å². The van der Waals surface area contributed by atoms with Gasteiger partial charge < -0.3 is 15.0 Å². The number of ether oxygens (including phenoxy) is 1. The third-order valence-corrected chi connectivity index (χ3v) is 4.56. The average molecular weight is 289 g/mol. The second kappa shape index (κ2) is 7.78. The molecule has 1 aromatic carbocycles. The molecule has 0 radical (unpaired) electrons. The summed E-state index contributed by atoms with van der Waals surface area (Å²) in [5.74, 6) is 1.85.